The predicted molar refractivity (Wildman–Crippen MR) is 93.6 cm³/mol. The van der Waals surface area contributed by atoms with Crippen LogP contribution < -0.4 is 5.32 Å². The van der Waals surface area contributed by atoms with Crippen molar-refractivity contribution < 1.29 is 4.79 Å². The van der Waals surface area contributed by atoms with E-state index in [4.69, 9.17) is 0 Å². The molecule has 3 nitrogen and oxygen atoms in total. The van der Waals surface area contributed by atoms with Crippen LogP contribution in [0.4, 0.5) is 0 Å². The van der Waals surface area contributed by atoms with Crippen LogP contribution in [0.3, 0.4) is 0 Å². The van der Waals surface area contributed by atoms with Gasteiger partial charge in [-0.15, -0.1) is 0 Å². The second-order valence-electron chi connectivity index (χ2n) is 7.37. The molecular formula is C20H24N2O. The van der Waals surface area contributed by atoms with E-state index in [1.54, 1.807) is 0 Å². The van der Waals surface area contributed by atoms with E-state index in [1.807, 2.05) is 12.3 Å². The molecule has 3 atom stereocenters. The lowest BCUT2D eigenvalue weighted by Crippen LogP contribution is -2.41. The van der Waals surface area contributed by atoms with Crippen molar-refractivity contribution in [1.29, 1.82) is 0 Å². The summed E-state index contributed by atoms with van der Waals surface area (Å²) in [6.45, 7) is 6.37. The van der Waals surface area contributed by atoms with Crippen molar-refractivity contribution in [3.63, 3.8) is 0 Å². The van der Waals surface area contributed by atoms with Gasteiger partial charge in [-0.25, -0.2) is 0 Å². The molecule has 120 valence electrons. The van der Waals surface area contributed by atoms with E-state index in [2.05, 4.69) is 42.4 Å². The molecule has 4 rings (SSSR count). The van der Waals surface area contributed by atoms with Gasteiger partial charge >= 0.3 is 0 Å². The van der Waals surface area contributed by atoms with Crippen LogP contribution in [0.5, 0.6) is 0 Å². The minimum atomic E-state index is 0.0578. The fourth-order valence-electron chi connectivity index (χ4n) is 4.42. The fraction of sp³-hybridized carbons (Fsp3) is 0.500. The minimum absolute atomic E-state index is 0.0578. The number of ketones is 1. The highest BCUT2D eigenvalue weighted by Gasteiger charge is 2.45. The maximum absolute atomic E-state index is 13.3. The summed E-state index contributed by atoms with van der Waals surface area (Å²) in [6.07, 6.45) is 5.02. The first-order valence-electron chi connectivity index (χ1n) is 8.74. The van der Waals surface area contributed by atoms with E-state index in [0.29, 0.717) is 0 Å². The molecule has 0 aromatic heterocycles. The van der Waals surface area contributed by atoms with Crippen LogP contribution >= 0.6 is 0 Å². The Morgan fingerprint density at radius 3 is 2.96 bits per heavy atom. The topological polar surface area (TPSA) is 41.5 Å². The highest BCUT2D eigenvalue weighted by atomic mass is 16.1. The molecule has 3 aliphatic rings. The summed E-state index contributed by atoms with van der Waals surface area (Å²) < 4.78 is 0. The summed E-state index contributed by atoms with van der Waals surface area (Å²) in [5.41, 5.74) is 4.38. The number of piperidine rings is 1. The molecular weight excluding hydrogens is 284 g/mol. The molecule has 0 spiro atoms. The Bertz CT molecular complexity index is 712. The number of nitrogens with zero attached hydrogens (tertiary/aromatic N) is 1. The Labute approximate surface area is 137 Å². The fourth-order valence-corrected chi connectivity index (χ4v) is 4.42. The number of nitrogens with one attached hydrogen (secondary N) is 1. The van der Waals surface area contributed by atoms with Crippen molar-refractivity contribution in [3.8, 4) is 0 Å². The van der Waals surface area contributed by atoms with Crippen LogP contribution in [0.1, 0.15) is 44.2 Å². The SMILES string of the molecule is CC1C2=C(C(=O)C3CCCNC3)c3ccccc3C1(C)CC=N2. The van der Waals surface area contributed by atoms with Gasteiger partial charge in [0.2, 0.25) is 0 Å². The van der Waals surface area contributed by atoms with E-state index in [-0.39, 0.29) is 23.0 Å². The Morgan fingerprint density at radius 1 is 1.35 bits per heavy atom. The van der Waals surface area contributed by atoms with Crippen LogP contribution in [0, 0.1) is 11.8 Å². The van der Waals surface area contributed by atoms with Crippen LogP contribution in [0.2, 0.25) is 0 Å². The zero-order valence-corrected chi connectivity index (χ0v) is 13.9. The number of fused-ring (bicyclic) bond motifs is 4. The lowest BCUT2D eigenvalue weighted by atomic mass is 9.61. The highest BCUT2D eigenvalue weighted by molar-refractivity contribution is 6.24. The van der Waals surface area contributed by atoms with Crippen molar-refractivity contribution in [2.75, 3.05) is 13.1 Å². The molecule has 2 aliphatic heterocycles. The Morgan fingerprint density at radius 2 is 2.17 bits per heavy atom. The first-order valence-corrected chi connectivity index (χ1v) is 8.74. The van der Waals surface area contributed by atoms with Crippen molar-refractivity contribution in [2.24, 2.45) is 16.8 Å². The molecule has 1 aromatic carbocycles. The van der Waals surface area contributed by atoms with Gasteiger partial charge in [0.25, 0.3) is 0 Å². The van der Waals surface area contributed by atoms with Gasteiger partial charge < -0.3 is 5.32 Å². The number of allylic oxidation sites excluding steroid dienone is 2. The van der Waals surface area contributed by atoms with Crippen molar-refractivity contribution in [2.45, 2.75) is 38.5 Å². The van der Waals surface area contributed by atoms with Crippen LogP contribution in [-0.4, -0.2) is 25.1 Å². The number of aliphatic imine (C=N–C) groups is 1. The zero-order chi connectivity index (χ0) is 16.0. The summed E-state index contributed by atoms with van der Waals surface area (Å²) in [5.74, 6) is 0.665. The van der Waals surface area contributed by atoms with E-state index >= 15 is 0 Å². The van der Waals surface area contributed by atoms with Crippen molar-refractivity contribution in [3.05, 3.63) is 41.1 Å². The molecule has 0 saturated carbocycles. The molecule has 0 amide bonds. The number of benzene rings is 1. The van der Waals surface area contributed by atoms with Crippen LogP contribution in [0.15, 0.2) is 35.0 Å². The number of carbonyl (C=O) groups excluding carboxylic acids is 1. The van der Waals surface area contributed by atoms with Gasteiger partial charge in [0.1, 0.15) is 0 Å². The minimum Gasteiger partial charge on any atom is -0.316 e. The Hall–Kier alpha value is -1.74. The van der Waals surface area contributed by atoms with Gasteiger partial charge in [-0.3, -0.25) is 9.79 Å². The molecule has 1 aromatic rings. The van der Waals surface area contributed by atoms with Gasteiger partial charge in [0, 0.05) is 35.6 Å². The number of carbonyl (C=O) groups is 1. The summed E-state index contributed by atoms with van der Waals surface area (Å²) in [4.78, 5) is 18.0. The number of Topliss-reactive ketones (excluding diaryl/α,β-unsaturated/α-hetero) is 1. The third kappa shape index (κ3) is 2.13. The molecule has 2 heterocycles. The molecule has 3 heteroatoms. The molecule has 3 unspecified atom stereocenters. The quantitative estimate of drug-likeness (QED) is 0.910. The first-order chi connectivity index (χ1) is 11.1. The van der Waals surface area contributed by atoms with E-state index in [1.165, 1.54) is 5.56 Å². The largest absolute Gasteiger partial charge is 0.316 e. The van der Waals surface area contributed by atoms with Crippen LogP contribution in [-0.2, 0) is 10.2 Å². The van der Waals surface area contributed by atoms with E-state index in [0.717, 1.165) is 49.2 Å². The average Bonchev–Trinajstić information content (AvgIpc) is 2.58. The van der Waals surface area contributed by atoms with E-state index < -0.39 is 0 Å². The maximum atomic E-state index is 13.3. The number of hydrogen-bond donors (Lipinski definition) is 1. The molecule has 1 N–H and O–H groups in total. The second-order valence-corrected chi connectivity index (χ2v) is 7.37. The summed E-state index contributed by atoms with van der Waals surface area (Å²) in [5, 5.41) is 3.37. The average molecular weight is 308 g/mol. The predicted octanol–water partition coefficient (Wildman–Crippen LogP) is 3.35. The standard InChI is InChI=1S/C20H24N2O/c1-13-18-17(19(23)14-6-5-10-21-12-14)15-7-3-4-8-16(15)20(13,2)9-11-22-18/h3-4,7-8,11,13-14,21H,5-6,9-10,12H2,1-2H3. The molecule has 1 saturated heterocycles. The Kier molecular flexibility index (Phi) is 3.49. The Balaban J connectivity index is 1.88. The maximum Gasteiger partial charge on any atom is 0.169 e. The zero-order valence-electron chi connectivity index (χ0n) is 13.9. The van der Waals surface area contributed by atoms with E-state index in [9.17, 15) is 4.79 Å². The van der Waals surface area contributed by atoms with Gasteiger partial charge in [-0.2, -0.15) is 0 Å². The van der Waals surface area contributed by atoms with Crippen molar-refractivity contribution in [1.82, 2.24) is 5.32 Å². The van der Waals surface area contributed by atoms with Gasteiger partial charge in [0.05, 0.1) is 5.70 Å². The molecule has 0 radical (unpaired) electrons. The normalized spacial score (nSPS) is 32.6. The third-order valence-corrected chi connectivity index (χ3v) is 6.09. The molecule has 2 bridgehead atoms. The number of hydrogen-bond acceptors (Lipinski definition) is 3. The highest BCUT2D eigenvalue weighted by Crippen LogP contribution is 2.51. The molecule has 1 fully saturated rings. The number of rotatable bonds is 2. The molecule has 1 aliphatic carbocycles. The van der Waals surface area contributed by atoms with Gasteiger partial charge in [-0.05, 0) is 36.9 Å². The van der Waals surface area contributed by atoms with Crippen LogP contribution in [0.25, 0.3) is 5.57 Å². The summed E-state index contributed by atoms with van der Waals surface area (Å²) in [7, 11) is 0. The van der Waals surface area contributed by atoms with Gasteiger partial charge in [0.15, 0.2) is 5.78 Å². The summed E-state index contributed by atoms with van der Waals surface area (Å²) in [6, 6.07) is 8.46. The summed E-state index contributed by atoms with van der Waals surface area (Å²) >= 11 is 0. The first kappa shape index (κ1) is 14.8. The third-order valence-electron chi connectivity index (χ3n) is 6.09. The molecule has 23 heavy (non-hydrogen) atoms. The lowest BCUT2D eigenvalue weighted by molar-refractivity contribution is -0.117. The van der Waals surface area contributed by atoms with Crippen molar-refractivity contribution >= 4 is 17.6 Å². The smallest absolute Gasteiger partial charge is 0.169 e. The van der Waals surface area contributed by atoms with Gasteiger partial charge in [-0.1, -0.05) is 38.1 Å². The lowest BCUT2D eigenvalue weighted by Gasteiger charge is -2.44. The second kappa shape index (κ2) is 5.41. The monoisotopic (exact) mass is 308 g/mol.